The van der Waals surface area contributed by atoms with Crippen LogP contribution in [0, 0.1) is 6.92 Å². The zero-order valence-electron chi connectivity index (χ0n) is 14.8. The number of hydrogen-bond acceptors (Lipinski definition) is 5. The summed E-state index contributed by atoms with van der Waals surface area (Å²) in [5, 5.41) is 3.23. The summed E-state index contributed by atoms with van der Waals surface area (Å²) in [6.45, 7) is 3.42. The topological polar surface area (TPSA) is 67.3 Å². The number of rotatable bonds is 4. The molecule has 1 N–H and O–H groups in total. The van der Waals surface area contributed by atoms with Crippen LogP contribution in [0.2, 0.25) is 0 Å². The molecule has 6 nitrogen and oxygen atoms in total. The third-order valence-electron chi connectivity index (χ3n) is 4.31. The maximum Gasteiger partial charge on any atom is 0.272 e. The number of aryl methyl sites for hydroxylation is 1. The number of aromatic nitrogens is 2. The van der Waals surface area contributed by atoms with Crippen molar-refractivity contribution in [3.8, 4) is 5.75 Å². The lowest BCUT2D eigenvalue weighted by Crippen LogP contribution is -2.32. The van der Waals surface area contributed by atoms with E-state index in [0.717, 1.165) is 37.4 Å². The highest BCUT2D eigenvalue weighted by Crippen LogP contribution is 2.20. The Bertz CT molecular complexity index is 723. The van der Waals surface area contributed by atoms with Crippen LogP contribution in [0.1, 0.15) is 42.0 Å². The highest BCUT2D eigenvalue weighted by atomic mass is 16.5. The summed E-state index contributed by atoms with van der Waals surface area (Å²) in [4.78, 5) is 23.4. The van der Waals surface area contributed by atoms with E-state index in [0.29, 0.717) is 17.3 Å². The van der Waals surface area contributed by atoms with Gasteiger partial charge in [-0.1, -0.05) is 12.8 Å². The van der Waals surface area contributed by atoms with E-state index in [-0.39, 0.29) is 5.91 Å². The van der Waals surface area contributed by atoms with Crippen molar-refractivity contribution in [2.24, 2.45) is 0 Å². The minimum atomic E-state index is -0.00909. The van der Waals surface area contributed by atoms with Crippen LogP contribution < -0.4 is 10.1 Å². The molecule has 0 unspecified atom stereocenters. The molecule has 132 valence electrons. The van der Waals surface area contributed by atoms with Gasteiger partial charge in [-0.15, -0.1) is 0 Å². The Hall–Kier alpha value is -2.63. The number of nitrogens with one attached hydrogen (secondary N) is 1. The van der Waals surface area contributed by atoms with E-state index in [2.05, 4.69) is 15.3 Å². The summed E-state index contributed by atoms with van der Waals surface area (Å²) in [6, 6.07) is 9.29. The predicted molar refractivity (Wildman–Crippen MR) is 97.4 cm³/mol. The Kier molecular flexibility index (Phi) is 5.48. The highest BCUT2D eigenvalue weighted by molar-refractivity contribution is 5.93. The maximum atomic E-state index is 12.8. The molecule has 1 saturated heterocycles. The van der Waals surface area contributed by atoms with Crippen molar-refractivity contribution in [3.05, 3.63) is 41.9 Å². The van der Waals surface area contributed by atoms with Gasteiger partial charge < -0.3 is 15.0 Å². The van der Waals surface area contributed by atoms with Crippen LogP contribution >= 0.6 is 0 Å². The van der Waals surface area contributed by atoms with Crippen LogP contribution in [-0.2, 0) is 0 Å². The average molecular weight is 340 g/mol. The number of likely N-dealkylation sites (tertiary alicyclic amines) is 1. The van der Waals surface area contributed by atoms with Gasteiger partial charge in [-0.05, 0) is 44.0 Å². The van der Waals surface area contributed by atoms with Gasteiger partial charge in [0.2, 0.25) is 0 Å². The van der Waals surface area contributed by atoms with Crippen LogP contribution in [0.5, 0.6) is 5.75 Å². The molecule has 0 aliphatic carbocycles. The van der Waals surface area contributed by atoms with Crippen LogP contribution in [0.25, 0.3) is 0 Å². The maximum absolute atomic E-state index is 12.8. The smallest absolute Gasteiger partial charge is 0.272 e. The summed E-state index contributed by atoms with van der Waals surface area (Å²) >= 11 is 0. The fraction of sp³-hybridized carbons (Fsp3) is 0.421. The van der Waals surface area contributed by atoms with Gasteiger partial charge in [0, 0.05) is 24.8 Å². The van der Waals surface area contributed by atoms with Gasteiger partial charge in [0.05, 0.1) is 7.11 Å². The second kappa shape index (κ2) is 7.96. The summed E-state index contributed by atoms with van der Waals surface area (Å²) in [5.74, 6) is 1.99. The molecule has 0 atom stereocenters. The minimum absolute atomic E-state index is 0.00909. The van der Waals surface area contributed by atoms with E-state index in [1.54, 1.807) is 20.1 Å². The van der Waals surface area contributed by atoms with Crippen molar-refractivity contribution in [3.63, 3.8) is 0 Å². The minimum Gasteiger partial charge on any atom is -0.497 e. The first-order valence-electron chi connectivity index (χ1n) is 8.72. The lowest BCUT2D eigenvalue weighted by Gasteiger charge is -2.20. The standard InChI is InChI=1S/C19H24N4O2/c1-14-20-17(19(24)23-11-5-3-4-6-12-23)13-18(21-14)22-15-7-9-16(25-2)10-8-15/h7-10,13H,3-6,11-12H2,1-2H3,(H,20,21,22). The van der Waals surface area contributed by atoms with Crippen LogP contribution in [0.3, 0.4) is 0 Å². The number of carbonyl (C=O) groups excluding carboxylic acids is 1. The molecule has 0 saturated carbocycles. The van der Waals surface area contributed by atoms with Gasteiger partial charge >= 0.3 is 0 Å². The van der Waals surface area contributed by atoms with Gasteiger partial charge in [-0.3, -0.25) is 4.79 Å². The van der Waals surface area contributed by atoms with Gasteiger partial charge in [0.1, 0.15) is 23.1 Å². The first-order chi connectivity index (χ1) is 12.2. The third-order valence-corrected chi connectivity index (χ3v) is 4.31. The van der Waals surface area contributed by atoms with Crippen molar-refractivity contribution in [2.45, 2.75) is 32.6 Å². The molecule has 1 aliphatic rings. The van der Waals surface area contributed by atoms with Gasteiger partial charge in [-0.2, -0.15) is 0 Å². The summed E-state index contributed by atoms with van der Waals surface area (Å²) in [7, 11) is 1.64. The number of amides is 1. The molecular formula is C19H24N4O2. The van der Waals surface area contributed by atoms with Gasteiger partial charge in [0.25, 0.3) is 5.91 Å². The molecule has 2 heterocycles. The molecule has 0 bridgehead atoms. The molecule has 0 radical (unpaired) electrons. The molecule has 1 aromatic heterocycles. The van der Waals surface area contributed by atoms with E-state index in [1.165, 1.54) is 12.8 Å². The van der Waals surface area contributed by atoms with E-state index >= 15 is 0 Å². The van der Waals surface area contributed by atoms with E-state index in [9.17, 15) is 4.79 Å². The fourth-order valence-electron chi connectivity index (χ4n) is 3.00. The second-order valence-electron chi connectivity index (χ2n) is 6.25. The van der Waals surface area contributed by atoms with E-state index in [4.69, 9.17) is 4.74 Å². The number of ether oxygens (including phenoxy) is 1. The van der Waals surface area contributed by atoms with Crippen molar-refractivity contribution >= 4 is 17.4 Å². The number of benzene rings is 1. The molecule has 1 fully saturated rings. The summed E-state index contributed by atoms with van der Waals surface area (Å²) < 4.78 is 5.16. The lowest BCUT2D eigenvalue weighted by atomic mass is 10.2. The molecule has 3 rings (SSSR count). The van der Waals surface area contributed by atoms with Gasteiger partial charge in [0.15, 0.2) is 0 Å². The second-order valence-corrected chi connectivity index (χ2v) is 6.25. The molecule has 1 aliphatic heterocycles. The number of anilines is 2. The number of nitrogens with zero attached hydrogens (tertiary/aromatic N) is 3. The summed E-state index contributed by atoms with van der Waals surface area (Å²) in [5.41, 5.74) is 1.33. The SMILES string of the molecule is COc1ccc(Nc2cc(C(=O)N3CCCCCC3)nc(C)n2)cc1. The quantitative estimate of drug-likeness (QED) is 0.922. The Morgan fingerprint density at radius 2 is 1.76 bits per heavy atom. The number of carbonyl (C=O) groups is 1. The van der Waals surface area contributed by atoms with Crippen LogP contribution in [0.4, 0.5) is 11.5 Å². The normalized spacial score (nSPS) is 14.7. The van der Waals surface area contributed by atoms with E-state index < -0.39 is 0 Å². The lowest BCUT2D eigenvalue weighted by molar-refractivity contribution is 0.0755. The zero-order valence-corrected chi connectivity index (χ0v) is 14.8. The Labute approximate surface area is 148 Å². The number of hydrogen-bond donors (Lipinski definition) is 1. The first kappa shape index (κ1) is 17.2. The third kappa shape index (κ3) is 4.47. The molecular weight excluding hydrogens is 316 g/mol. The number of methoxy groups -OCH3 is 1. The molecule has 25 heavy (non-hydrogen) atoms. The average Bonchev–Trinajstić information content (AvgIpc) is 2.90. The molecule has 1 aromatic carbocycles. The highest BCUT2D eigenvalue weighted by Gasteiger charge is 2.19. The zero-order chi connectivity index (χ0) is 17.6. The Morgan fingerprint density at radius 3 is 2.40 bits per heavy atom. The summed E-state index contributed by atoms with van der Waals surface area (Å²) in [6.07, 6.45) is 4.51. The van der Waals surface area contributed by atoms with Crippen LogP contribution in [-0.4, -0.2) is 41.0 Å². The van der Waals surface area contributed by atoms with Crippen molar-refractivity contribution in [1.29, 1.82) is 0 Å². The fourth-order valence-corrected chi connectivity index (χ4v) is 3.00. The Balaban J connectivity index is 1.78. The monoisotopic (exact) mass is 340 g/mol. The van der Waals surface area contributed by atoms with Crippen molar-refractivity contribution in [1.82, 2.24) is 14.9 Å². The van der Waals surface area contributed by atoms with E-state index in [1.807, 2.05) is 29.2 Å². The molecule has 0 spiro atoms. The Morgan fingerprint density at radius 1 is 1.08 bits per heavy atom. The first-order valence-corrected chi connectivity index (χ1v) is 8.72. The molecule has 6 heteroatoms. The van der Waals surface area contributed by atoms with Crippen molar-refractivity contribution in [2.75, 3.05) is 25.5 Å². The van der Waals surface area contributed by atoms with Crippen molar-refractivity contribution < 1.29 is 9.53 Å². The molecule has 2 aromatic rings. The predicted octanol–water partition coefficient (Wildman–Crippen LogP) is 3.55. The van der Waals surface area contributed by atoms with Gasteiger partial charge in [-0.25, -0.2) is 9.97 Å². The van der Waals surface area contributed by atoms with Crippen LogP contribution in [0.15, 0.2) is 30.3 Å². The largest absolute Gasteiger partial charge is 0.497 e. The molecule has 1 amide bonds.